The topological polar surface area (TPSA) is 73.7 Å². The molecular weight excluding hydrogens is 466 g/mol. The predicted molar refractivity (Wildman–Crippen MR) is 146 cm³/mol. The Morgan fingerprint density at radius 3 is 2.49 bits per heavy atom. The number of methoxy groups -OCH3 is 1. The summed E-state index contributed by atoms with van der Waals surface area (Å²) in [5, 5.41) is 0.489. The summed E-state index contributed by atoms with van der Waals surface area (Å²) in [4.78, 5) is 33.9. The van der Waals surface area contributed by atoms with E-state index in [1.807, 2.05) is 86.6 Å². The molecule has 37 heavy (non-hydrogen) atoms. The van der Waals surface area contributed by atoms with E-state index < -0.39 is 6.04 Å². The summed E-state index contributed by atoms with van der Waals surface area (Å²) < 4.78 is 12.7. The van der Waals surface area contributed by atoms with Crippen molar-refractivity contribution in [3.05, 3.63) is 107 Å². The molecule has 3 aromatic carbocycles. The summed E-state index contributed by atoms with van der Waals surface area (Å²) in [6.07, 6.45) is 3.32. The average molecular weight is 498 g/mol. The van der Waals surface area contributed by atoms with Crippen molar-refractivity contribution in [3.8, 4) is 11.4 Å². The first kappa shape index (κ1) is 25.9. The van der Waals surface area contributed by atoms with Crippen molar-refractivity contribution in [2.45, 2.75) is 19.9 Å². The average Bonchev–Trinajstić information content (AvgIpc) is 2.93. The molecule has 0 spiro atoms. The molecule has 0 radical (unpaired) electrons. The summed E-state index contributed by atoms with van der Waals surface area (Å²) in [6.45, 7) is 4.88. The SMILES string of the molecule is CCOc1ccccc1-n1c(C(C)N(CCOC)C(=O)/C=C/c2ccccc2)nc2ccccc2c1=O. The third-order valence-electron chi connectivity index (χ3n) is 6.09. The molecule has 1 aromatic heterocycles. The van der Waals surface area contributed by atoms with Gasteiger partial charge in [0, 0.05) is 19.7 Å². The molecule has 1 amide bonds. The van der Waals surface area contributed by atoms with Gasteiger partial charge >= 0.3 is 0 Å². The van der Waals surface area contributed by atoms with E-state index in [1.165, 1.54) is 0 Å². The monoisotopic (exact) mass is 497 g/mol. The largest absolute Gasteiger partial charge is 0.492 e. The summed E-state index contributed by atoms with van der Waals surface area (Å²) in [6, 6.07) is 23.7. The van der Waals surface area contributed by atoms with Gasteiger partial charge in [0.05, 0.1) is 35.8 Å². The molecule has 4 aromatic rings. The van der Waals surface area contributed by atoms with Crippen molar-refractivity contribution in [3.63, 3.8) is 0 Å². The first-order chi connectivity index (χ1) is 18.0. The third-order valence-corrected chi connectivity index (χ3v) is 6.09. The van der Waals surface area contributed by atoms with Crippen LogP contribution in [0.1, 0.15) is 31.3 Å². The second kappa shape index (κ2) is 12.1. The molecule has 7 heteroatoms. The molecule has 1 unspecified atom stereocenters. The van der Waals surface area contributed by atoms with Gasteiger partial charge in [0.2, 0.25) is 5.91 Å². The number of nitrogens with zero attached hydrogens (tertiary/aromatic N) is 3. The molecule has 0 saturated heterocycles. The lowest BCUT2D eigenvalue weighted by Crippen LogP contribution is -2.38. The van der Waals surface area contributed by atoms with Crippen LogP contribution in [0.5, 0.6) is 5.75 Å². The van der Waals surface area contributed by atoms with Gasteiger partial charge < -0.3 is 14.4 Å². The van der Waals surface area contributed by atoms with Crippen LogP contribution in [0.15, 0.2) is 89.7 Å². The molecule has 7 nitrogen and oxygen atoms in total. The van der Waals surface area contributed by atoms with Gasteiger partial charge in [-0.1, -0.05) is 54.6 Å². The van der Waals surface area contributed by atoms with Gasteiger partial charge in [-0.15, -0.1) is 0 Å². The Bertz CT molecular complexity index is 1450. The fraction of sp³-hybridized carbons (Fsp3) is 0.233. The Morgan fingerprint density at radius 2 is 1.73 bits per heavy atom. The molecule has 0 N–H and O–H groups in total. The van der Waals surface area contributed by atoms with E-state index >= 15 is 0 Å². The van der Waals surface area contributed by atoms with Crippen LogP contribution >= 0.6 is 0 Å². The quantitative estimate of drug-likeness (QED) is 0.287. The minimum absolute atomic E-state index is 0.208. The van der Waals surface area contributed by atoms with E-state index in [0.717, 1.165) is 5.56 Å². The maximum Gasteiger partial charge on any atom is 0.266 e. The second-order valence-electron chi connectivity index (χ2n) is 8.47. The zero-order valence-corrected chi connectivity index (χ0v) is 21.3. The number of rotatable bonds is 10. The maximum absolute atomic E-state index is 13.9. The second-order valence-corrected chi connectivity index (χ2v) is 8.47. The lowest BCUT2D eigenvalue weighted by molar-refractivity contribution is -0.128. The molecule has 0 bridgehead atoms. The maximum atomic E-state index is 13.9. The van der Waals surface area contributed by atoms with E-state index in [2.05, 4.69) is 0 Å². The van der Waals surface area contributed by atoms with Crippen molar-refractivity contribution < 1.29 is 14.3 Å². The zero-order valence-electron chi connectivity index (χ0n) is 21.3. The van der Waals surface area contributed by atoms with Gasteiger partial charge in [-0.3, -0.25) is 14.2 Å². The van der Waals surface area contributed by atoms with Crippen molar-refractivity contribution in [1.29, 1.82) is 0 Å². The number of ether oxygens (including phenoxy) is 2. The lowest BCUT2D eigenvalue weighted by atomic mass is 10.1. The number of carbonyl (C=O) groups excluding carboxylic acids is 1. The van der Waals surface area contributed by atoms with Gasteiger partial charge in [-0.05, 0) is 49.8 Å². The van der Waals surface area contributed by atoms with Crippen LogP contribution in [0.4, 0.5) is 0 Å². The van der Waals surface area contributed by atoms with Crippen LogP contribution in [0.25, 0.3) is 22.7 Å². The van der Waals surface area contributed by atoms with E-state index in [9.17, 15) is 9.59 Å². The minimum Gasteiger partial charge on any atom is -0.492 e. The first-order valence-electron chi connectivity index (χ1n) is 12.3. The number of carbonyl (C=O) groups is 1. The molecular formula is C30H31N3O4. The van der Waals surface area contributed by atoms with E-state index in [1.54, 1.807) is 34.8 Å². The van der Waals surface area contributed by atoms with Crippen molar-refractivity contribution in [2.75, 3.05) is 26.9 Å². The van der Waals surface area contributed by atoms with Crippen LogP contribution in [-0.2, 0) is 9.53 Å². The normalized spacial score (nSPS) is 12.1. The zero-order chi connectivity index (χ0) is 26.2. The van der Waals surface area contributed by atoms with Gasteiger partial charge in [0.25, 0.3) is 5.56 Å². The number of hydrogen-bond donors (Lipinski definition) is 0. The Balaban J connectivity index is 1.86. The molecule has 0 aliphatic heterocycles. The number of fused-ring (bicyclic) bond motifs is 1. The smallest absolute Gasteiger partial charge is 0.266 e. The Hall–Kier alpha value is -4.23. The fourth-order valence-corrected chi connectivity index (χ4v) is 4.23. The van der Waals surface area contributed by atoms with Crippen LogP contribution < -0.4 is 10.3 Å². The van der Waals surface area contributed by atoms with E-state index in [-0.39, 0.29) is 11.5 Å². The van der Waals surface area contributed by atoms with E-state index in [0.29, 0.717) is 47.9 Å². The highest BCUT2D eigenvalue weighted by atomic mass is 16.5. The Kier molecular flexibility index (Phi) is 8.48. The molecule has 0 aliphatic carbocycles. The predicted octanol–water partition coefficient (Wildman–Crippen LogP) is 5.03. The molecule has 1 atom stereocenters. The molecule has 190 valence electrons. The molecule has 0 fully saturated rings. The number of hydrogen-bond acceptors (Lipinski definition) is 5. The summed E-state index contributed by atoms with van der Waals surface area (Å²) in [7, 11) is 1.59. The molecule has 0 saturated carbocycles. The molecule has 1 heterocycles. The molecule has 4 rings (SSSR count). The van der Waals surface area contributed by atoms with Gasteiger partial charge in [-0.25, -0.2) is 4.98 Å². The minimum atomic E-state index is -0.546. The lowest BCUT2D eigenvalue weighted by Gasteiger charge is -2.30. The van der Waals surface area contributed by atoms with E-state index in [4.69, 9.17) is 14.5 Å². The van der Waals surface area contributed by atoms with Crippen LogP contribution in [0, 0.1) is 0 Å². The Morgan fingerprint density at radius 1 is 1.03 bits per heavy atom. The standard InChI is InChI=1S/C30H31N3O4/c1-4-37-27-17-11-10-16-26(27)33-29(31-25-15-9-8-14-24(25)30(33)35)22(2)32(20-21-36-3)28(34)19-18-23-12-6-5-7-13-23/h5-19,22H,4,20-21H2,1-3H3/b19-18+. The summed E-state index contributed by atoms with van der Waals surface area (Å²) in [5.41, 5.74) is 1.84. The first-order valence-corrected chi connectivity index (χ1v) is 12.3. The van der Waals surface area contributed by atoms with Gasteiger partial charge in [0.1, 0.15) is 11.6 Å². The summed E-state index contributed by atoms with van der Waals surface area (Å²) in [5.74, 6) is 0.797. The van der Waals surface area contributed by atoms with Crippen molar-refractivity contribution >= 4 is 22.9 Å². The van der Waals surface area contributed by atoms with Crippen LogP contribution in [0.3, 0.4) is 0 Å². The highest BCUT2D eigenvalue weighted by Crippen LogP contribution is 2.28. The highest BCUT2D eigenvalue weighted by Gasteiger charge is 2.26. The van der Waals surface area contributed by atoms with Crippen LogP contribution in [0.2, 0.25) is 0 Å². The Labute approximate surface area is 216 Å². The summed E-state index contributed by atoms with van der Waals surface area (Å²) >= 11 is 0. The molecule has 0 aliphatic rings. The third kappa shape index (κ3) is 5.78. The highest BCUT2D eigenvalue weighted by molar-refractivity contribution is 5.92. The fourth-order valence-electron chi connectivity index (χ4n) is 4.23. The van der Waals surface area contributed by atoms with Crippen molar-refractivity contribution in [2.24, 2.45) is 0 Å². The number of benzene rings is 3. The van der Waals surface area contributed by atoms with Gasteiger partial charge in [-0.2, -0.15) is 0 Å². The van der Waals surface area contributed by atoms with Crippen molar-refractivity contribution in [1.82, 2.24) is 14.5 Å². The number of amides is 1. The van der Waals surface area contributed by atoms with Crippen LogP contribution in [-0.4, -0.2) is 47.2 Å². The number of aromatic nitrogens is 2. The number of para-hydroxylation sites is 3. The van der Waals surface area contributed by atoms with Gasteiger partial charge in [0.15, 0.2) is 0 Å².